The third-order valence-electron chi connectivity index (χ3n) is 3.63. The second-order valence-electron chi connectivity index (χ2n) is 4.40. The van der Waals surface area contributed by atoms with Crippen LogP contribution < -0.4 is 0 Å². The molecule has 0 aromatic carbocycles. The Bertz CT molecular complexity index is 403. The van der Waals surface area contributed by atoms with Gasteiger partial charge in [-0.05, 0) is 6.42 Å². The first-order chi connectivity index (χ1) is 7.27. The number of fused-ring (bicyclic) bond motifs is 2. The molecule has 0 spiro atoms. The van der Waals surface area contributed by atoms with Crippen LogP contribution in [0.2, 0.25) is 0 Å². The lowest BCUT2D eigenvalue weighted by atomic mass is 9.89. The Labute approximate surface area is 123 Å². The van der Waals surface area contributed by atoms with Crippen LogP contribution in [0.4, 0.5) is 0 Å². The number of epoxide rings is 1. The van der Waals surface area contributed by atoms with E-state index in [9.17, 15) is 0 Å². The molecule has 1 saturated heterocycles. The number of ether oxygens (including phenoxy) is 1. The molecule has 0 amide bonds. The molecule has 2 aliphatic carbocycles. The van der Waals surface area contributed by atoms with Gasteiger partial charge in [-0.3, -0.25) is 0 Å². The zero-order chi connectivity index (χ0) is 11.9. The largest absolute Gasteiger partial charge is 0.373 e. The first-order valence-corrected chi connectivity index (χ1v) is 6.97. The summed E-state index contributed by atoms with van der Waals surface area (Å²) in [5.74, 6) is -0.100. The van der Waals surface area contributed by atoms with Crippen molar-refractivity contribution in [3.05, 3.63) is 10.1 Å². The van der Waals surface area contributed by atoms with Gasteiger partial charge in [0.15, 0.2) is 4.33 Å². The Morgan fingerprint density at radius 1 is 1.06 bits per heavy atom. The van der Waals surface area contributed by atoms with Gasteiger partial charge in [-0.15, -0.1) is 23.2 Å². The van der Waals surface area contributed by atoms with Crippen LogP contribution in [0.5, 0.6) is 0 Å². The second kappa shape index (κ2) is 3.30. The SMILES string of the molecule is ClC1=C(Cl)[C@@]2(Cl)C[C@@H]([C@@H]3CO3)[C@@]1(Cl)C2(Cl)Cl. The molecule has 2 bridgehead atoms. The fourth-order valence-electron chi connectivity index (χ4n) is 2.63. The molecule has 7 heteroatoms. The van der Waals surface area contributed by atoms with E-state index in [1.54, 1.807) is 0 Å². The predicted molar refractivity (Wildman–Crippen MR) is 68.2 cm³/mol. The average Bonchev–Trinajstić information content (AvgIpc) is 2.99. The van der Waals surface area contributed by atoms with E-state index < -0.39 is 14.1 Å². The summed E-state index contributed by atoms with van der Waals surface area (Å²) in [6.45, 7) is 0.637. The summed E-state index contributed by atoms with van der Waals surface area (Å²) in [7, 11) is 0. The van der Waals surface area contributed by atoms with Crippen LogP contribution >= 0.6 is 69.6 Å². The van der Waals surface area contributed by atoms with Crippen LogP contribution in [0.25, 0.3) is 0 Å². The van der Waals surface area contributed by atoms with Crippen LogP contribution in [-0.2, 0) is 4.74 Å². The monoisotopic (exact) mass is 340 g/mol. The van der Waals surface area contributed by atoms with Gasteiger partial charge in [0.25, 0.3) is 0 Å². The maximum Gasteiger partial charge on any atom is 0.166 e. The number of hydrogen-bond acceptors (Lipinski definition) is 1. The van der Waals surface area contributed by atoms with E-state index >= 15 is 0 Å². The van der Waals surface area contributed by atoms with Gasteiger partial charge in [0.05, 0.1) is 22.8 Å². The van der Waals surface area contributed by atoms with Crippen molar-refractivity contribution in [1.29, 1.82) is 0 Å². The van der Waals surface area contributed by atoms with Crippen molar-refractivity contribution in [2.24, 2.45) is 5.92 Å². The molecule has 16 heavy (non-hydrogen) atoms. The molecule has 1 aliphatic heterocycles. The molecule has 1 saturated carbocycles. The molecule has 0 N–H and O–H groups in total. The molecule has 4 atom stereocenters. The van der Waals surface area contributed by atoms with Crippen molar-refractivity contribution >= 4 is 69.6 Å². The van der Waals surface area contributed by atoms with E-state index in [-0.39, 0.29) is 22.1 Å². The molecule has 0 radical (unpaired) electrons. The smallest absolute Gasteiger partial charge is 0.166 e. The van der Waals surface area contributed by atoms with Crippen molar-refractivity contribution in [2.45, 2.75) is 26.6 Å². The van der Waals surface area contributed by atoms with Gasteiger partial charge in [0.2, 0.25) is 0 Å². The van der Waals surface area contributed by atoms with Crippen LogP contribution in [0.3, 0.4) is 0 Å². The molecule has 1 heterocycles. The molecular weight excluding hydrogens is 337 g/mol. The minimum Gasteiger partial charge on any atom is -0.373 e. The fourth-order valence-corrected chi connectivity index (χ4v) is 5.48. The Balaban J connectivity index is 2.18. The highest BCUT2D eigenvalue weighted by Crippen LogP contribution is 2.75. The molecule has 3 rings (SSSR count). The molecule has 2 fully saturated rings. The molecule has 0 unspecified atom stereocenters. The van der Waals surface area contributed by atoms with Gasteiger partial charge in [-0.1, -0.05) is 46.4 Å². The van der Waals surface area contributed by atoms with Crippen molar-refractivity contribution < 1.29 is 4.74 Å². The first-order valence-electron chi connectivity index (χ1n) is 4.70. The van der Waals surface area contributed by atoms with Crippen molar-refractivity contribution in [1.82, 2.24) is 0 Å². The van der Waals surface area contributed by atoms with Crippen LogP contribution in [0, 0.1) is 5.92 Å². The van der Waals surface area contributed by atoms with Crippen LogP contribution in [0.1, 0.15) is 6.42 Å². The van der Waals surface area contributed by atoms with Crippen LogP contribution in [-0.4, -0.2) is 26.8 Å². The minimum atomic E-state index is -1.41. The highest BCUT2D eigenvalue weighted by Gasteiger charge is 2.80. The van der Waals surface area contributed by atoms with Gasteiger partial charge in [0.1, 0.15) is 9.75 Å². The number of hydrogen-bond donors (Lipinski definition) is 0. The lowest BCUT2D eigenvalue weighted by Crippen LogP contribution is -2.45. The Hall–Kier alpha value is 1.44. The summed E-state index contributed by atoms with van der Waals surface area (Å²) in [6.07, 6.45) is 0.499. The highest BCUT2D eigenvalue weighted by molar-refractivity contribution is 6.65. The molecule has 90 valence electrons. The van der Waals surface area contributed by atoms with Gasteiger partial charge < -0.3 is 4.74 Å². The quantitative estimate of drug-likeness (QED) is 0.513. The molecule has 0 aromatic heterocycles. The molecular formula is C9H6Cl6O. The highest BCUT2D eigenvalue weighted by atomic mass is 35.5. The summed E-state index contributed by atoms with van der Waals surface area (Å²) in [6, 6.07) is 0. The number of rotatable bonds is 1. The van der Waals surface area contributed by atoms with E-state index in [1.165, 1.54) is 0 Å². The maximum absolute atomic E-state index is 6.52. The van der Waals surface area contributed by atoms with E-state index in [0.717, 1.165) is 0 Å². The van der Waals surface area contributed by atoms with E-state index in [0.29, 0.717) is 13.0 Å². The van der Waals surface area contributed by atoms with Crippen molar-refractivity contribution in [2.75, 3.05) is 6.61 Å². The van der Waals surface area contributed by atoms with E-state index in [2.05, 4.69) is 0 Å². The third-order valence-corrected chi connectivity index (χ3v) is 7.93. The minimum absolute atomic E-state index is 0.0218. The summed E-state index contributed by atoms with van der Waals surface area (Å²) in [5.41, 5.74) is 0. The third kappa shape index (κ3) is 1.13. The van der Waals surface area contributed by atoms with Crippen LogP contribution in [0.15, 0.2) is 10.1 Å². The predicted octanol–water partition coefficient (Wildman–Crippen LogP) is 4.24. The topological polar surface area (TPSA) is 12.5 Å². The van der Waals surface area contributed by atoms with Gasteiger partial charge >= 0.3 is 0 Å². The summed E-state index contributed by atoms with van der Waals surface area (Å²) >= 11 is 37.8. The number of allylic oxidation sites excluding steroid dienone is 2. The first kappa shape index (κ1) is 12.5. The second-order valence-corrected chi connectivity index (χ2v) is 7.72. The molecule has 3 aliphatic rings. The summed E-state index contributed by atoms with van der Waals surface area (Å²) < 4.78 is 3.84. The Morgan fingerprint density at radius 3 is 2.00 bits per heavy atom. The maximum atomic E-state index is 6.52. The molecule has 0 aromatic rings. The van der Waals surface area contributed by atoms with Gasteiger partial charge in [-0.25, -0.2) is 0 Å². The van der Waals surface area contributed by atoms with Gasteiger partial charge in [-0.2, -0.15) is 0 Å². The van der Waals surface area contributed by atoms with Crippen molar-refractivity contribution in [3.8, 4) is 0 Å². The van der Waals surface area contributed by atoms with Crippen molar-refractivity contribution in [3.63, 3.8) is 0 Å². The lowest BCUT2D eigenvalue weighted by Gasteiger charge is -2.33. The Kier molecular flexibility index (Phi) is 2.58. The molecule has 1 nitrogen and oxygen atoms in total. The zero-order valence-electron chi connectivity index (χ0n) is 7.74. The van der Waals surface area contributed by atoms with E-state index in [4.69, 9.17) is 74.3 Å². The standard InChI is InChI=1S/C9H6Cl6O/c10-5-6(11)8(13)3(4-2-16-4)1-7(5,12)9(8,14)15/h3-4H,1-2H2/t3-,4-,7-,8-/m0/s1. The summed E-state index contributed by atoms with van der Waals surface area (Å²) in [5, 5.41) is 0.510. The van der Waals surface area contributed by atoms with Gasteiger partial charge in [0, 0.05) is 5.92 Å². The zero-order valence-corrected chi connectivity index (χ0v) is 12.3. The lowest BCUT2D eigenvalue weighted by molar-refractivity contribution is 0.306. The number of halogens is 6. The average molecular weight is 343 g/mol. The van der Waals surface area contributed by atoms with E-state index in [1.807, 2.05) is 0 Å². The Morgan fingerprint density at radius 2 is 1.62 bits per heavy atom. The normalized spacial score (nSPS) is 53.6. The fraction of sp³-hybridized carbons (Fsp3) is 0.778. The summed E-state index contributed by atoms with van der Waals surface area (Å²) in [4.78, 5) is -2.25. The number of alkyl halides is 4.